The second-order valence-corrected chi connectivity index (χ2v) is 10.3. The van der Waals surface area contributed by atoms with E-state index in [1.807, 2.05) is 4.68 Å². The molecule has 7 nitrogen and oxygen atoms in total. The topological polar surface area (TPSA) is 62.6 Å². The minimum absolute atomic E-state index is 0.268. The minimum atomic E-state index is -0.268. The Hall–Kier alpha value is -1.97. The maximum Gasteiger partial charge on any atom is 0.341 e. The number of methoxy groups -OCH3 is 1. The van der Waals surface area contributed by atoms with Gasteiger partial charge in [-0.3, -0.25) is 9.58 Å². The Kier molecular flexibility index (Phi) is 7.17. The third-order valence-corrected chi connectivity index (χ3v) is 8.08. The van der Waals surface area contributed by atoms with Crippen molar-refractivity contribution < 1.29 is 9.53 Å². The molecule has 9 heteroatoms. The van der Waals surface area contributed by atoms with Gasteiger partial charge in [0.1, 0.15) is 5.00 Å². The number of rotatable bonds is 5. The number of aryl methyl sites for hydroxylation is 2. The monoisotopic (exact) mass is 475 g/mol. The first-order chi connectivity index (χ1) is 15.4. The van der Waals surface area contributed by atoms with Gasteiger partial charge in [-0.25, -0.2) is 4.79 Å². The largest absolute Gasteiger partial charge is 0.465 e. The Morgan fingerprint density at radius 1 is 1.34 bits per heavy atom. The molecule has 0 aromatic carbocycles. The highest BCUT2D eigenvalue weighted by molar-refractivity contribution is 7.80. The molecule has 0 radical (unpaired) electrons. The molecule has 174 valence electrons. The van der Waals surface area contributed by atoms with Gasteiger partial charge in [-0.1, -0.05) is 6.92 Å². The van der Waals surface area contributed by atoms with Gasteiger partial charge in [-0.2, -0.15) is 5.10 Å². The third-order valence-electron chi connectivity index (χ3n) is 6.55. The Balaban J connectivity index is 1.39. The van der Waals surface area contributed by atoms with Gasteiger partial charge >= 0.3 is 5.97 Å². The maximum atomic E-state index is 12.5. The molecule has 0 spiro atoms. The number of thiocarbonyl (C=S) groups is 1. The quantitative estimate of drug-likeness (QED) is 0.523. The second-order valence-electron chi connectivity index (χ2n) is 8.84. The highest BCUT2D eigenvalue weighted by Crippen LogP contribution is 2.40. The summed E-state index contributed by atoms with van der Waals surface area (Å²) in [5.41, 5.74) is 4.24. The van der Waals surface area contributed by atoms with Crippen LogP contribution >= 0.6 is 23.6 Å². The Labute approximate surface area is 199 Å². The van der Waals surface area contributed by atoms with E-state index < -0.39 is 0 Å². The summed E-state index contributed by atoms with van der Waals surface area (Å²) in [7, 11) is 1.45. The van der Waals surface area contributed by atoms with Crippen molar-refractivity contribution in [3.05, 3.63) is 33.5 Å². The molecule has 2 aromatic rings. The molecule has 32 heavy (non-hydrogen) atoms. The Morgan fingerprint density at radius 2 is 2.09 bits per heavy atom. The van der Waals surface area contributed by atoms with E-state index >= 15 is 0 Å². The summed E-state index contributed by atoms with van der Waals surface area (Å²) < 4.78 is 7.10. The van der Waals surface area contributed by atoms with Crippen LogP contribution in [0.3, 0.4) is 0 Å². The van der Waals surface area contributed by atoms with E-state index in [4.69, 9.17) is 17.0 Å². The van der Waals surface area contributed by atoms with E-state index in [-0.39, 0.29) is 5.97 Å². The lowest BCUT2D eigenvalue weighted by atomic mass is 9.88. The maximum absolute atomic E-state index is 12.5. The fourth-order valence-corrected chi connectivity index (χ4v) is 6.31. The molecule has 0 bridgehead atoms. The molecule has 1 aliphatic heterocycles. The molecule has 2 aromatic heterocycles. The predicted molar refractivity (Wildman–Crippen MR) is 133 cm³/mol. The van der Waals surface area contributed by atoms with Gasteiger partial charge in [0.15, 0.2) is 5.11 Å². The van der Waals surface area contributed by atoms with Gasteiger partial charge in [0, 0.05) is 55.9 Å². The van der Waals surface area contributed by atoms with Gasteiger partial charge in [0.25, 0.3) is 0 Å². The summed E-state index contributed by atoms with van der Waals surface area (Å²) in [5.74, 6) is 0.378. The Bertz CT molecular complexity index is 991. The zero-order valence-corrected chi connectivity index (χ0v) is 21.1. The summed E-state index contributed by atoms with van der Waals surface area (Å²) in [6.07, 6.45) is 5.21. The molecule has 1 N–H and O–H groups in total. The van der Waals surface area contributed by atoms with Crippen molar-refractivity contribution in [1.29, 1.82) is 0 Å². The first kappa shape index (κ1) is 23.2. The van der Waals surface area contributed by atoms with E-state index in [2.05, 4.69) is 47.2 Å². The molecule has 1 fully saturated rings. The fourth-order valence-electron chi connectivity index (χ4n) is 4.56. The molecule has 1 unspecified atom stereocenters. The van der Waals surface area contributed by atoms with Crippen molar-refractivity contribution in [2.24, 2.45) is 5.92 Å². The lowest BCUT2D eigenvalue weighted by molar-refractivity contribution is 0.0601. The second kappa shape index (κ2) is 9.89. The molecule has 1 atom stereocenters. The standard InChI is InChI=1S/C23H33N5O2S2/c1-5-28-14-17(16(3)25-28)13-26-8-10-27(11-9-26)23(31)24-21-20(22(29)30-4)18-7-6-15(2)12-19(18)32-21/h14-15H,5-13H2,1-4H3,(H,24,31). The normalized spacial score (nSPS) is 19.0. The number of nitrogens with one attached hydrogen (secondary N) is 1. The molecule has 4 rings (SSSR count). The number of nitrogens with zero attached hydrogens (tertiary/aromatic N) is 4. The van der Waals surface area contributed by atoms with Crippen LogP contribution in [0.5, 0.6) is 0 Å². The van der Waals surface area contributed by atoms with Crippen molar-refractivity contribution >= 4 is 39.6 Å². The average molecular weight is 476 g/mol. The van der Waals surface area contributed by atoms with Crippen molar-refractivity contribution in [2.75, 3.05) is 38.6 Å². The SMILES string of the molecule is CCn1cc(CN2CCN(C(=S)Nc3sc4c(c3C(=O)OC)CCC(C)C4)CC2)c(C)n1. The lowest BCUT2D eigenvalue weighted by Gasteiger charge is -2.36. The van der Waals surface area contributed by atoms with Gasteiger partial charge in [-0.15, -0.1) is 11.3 Å². The molecule has 1 aliphatic carbocycles. The zero-order valence-electron chi connectivity index (χ0n) is 19.4. The number of aromatic nitrogens is 2. The highest BCUT2D eigenvalue weighted by Gasteiger charge is 2.29. The minimum Gasteiger partial charge on any atom is -0.465 e. The van der Waals surface area contributed by atoms with E-state index in [9.17, 15) is 4.79 Å². The van der Waals surface area contributed by atoms with Crippen LogP contribution in [0, 0.1) is 12.8 Å². The van der Waals surface area contributed by atoms with Crippen molar-refractivity contribution in [1.82, 2.24) is 19.6 Å². The van der Waals surface area contributed by atoms with Crippen molar-refractivity contribution in [2.45, 2.75) is 53.1 Å². The summed E-state index contributed by atoms with van der Waals surface area (Å²) in [6, 6.07) is 0. The van der Waals surface area contributed by atoms with Crippen molar-refractivity contribution in [3.63, 3.8) is 0 Å². The fraction of sp³-hybridized carbons (Fsp3) is 0.609. The van der Waals surface area contributed by atoms with E-state index in [1.165, 1.54) is 17.6 Å². The summed E-state index contributed by atoms with van der Waals surface area (Å²) in [6.45, 7) is 11.9. The van der Waals surface area contributed by atoms with Crippen LogP contribution in [0.4, 0.5) is 5.00 Å². The molecule has 1 saturated heterocycles. The first-order valence-electron chi connectivity index (χ1n) is 11.4. The van der Waals surface area contributed by atoms with Gasteiger partial charge in [0.2, 0.25) is 0 Å². The van der Waals surface area contributed by atoms with Crippen LogP contribution in [0.15, 0.2) is 6.20 Å². The van der Waals surface area contributed by atoms with Crippen LogP contribution in [-0.4, -0.2) is 64.0 Å². The number of piperazine rings is 1. The number of thiophene rings is 1. The summed E-state index contributed by atoms with van der Waals surface area (Å²) >= 11 is 7.41. The molecule has 0 saturated carbocycles. The molecular formula is C23H33N5O2S2. The highest BCUT2D eigenvalue weighted by atomic mass is 32.1. The number of carbonyl (C=O) groups is 1. The average Bonchev–Trinajstić information content (AvgIpc) is 3.32. The Morgan fingerprint density at radius 3 is 2.75 bits per heavy atom. The zero-order chi connectivity index (χ0) is 22.8. The van der Waals surface area contributed by atoms with Crippen LogP contribution in [0.25, 0.3) is 0 Å². The number of hydrogen-bond donors (Lipinski definition) is 1. The molecular weight excluding hydrogens is 442 g/mol. The smallest absolute Gasteiger partial charge is 0.341 e. The lowest BCUT2D eigenvalue weighted by Crippen LogP contribution is -2.49. The number of hydrogen-bond acceptors (Lipinski definition) is 6. The number of esters is 1. The van der Waals surface area contributed by atoms with Gasteiger partial charge in [0.05, 0.1) is 18.4 Å². The number of fused-ring (bicyclic) bond motifs is 1. The van der Waals surface area contributed by atoms with E-state index in [1.54, 1.807) is 11.3 Å². The third kappa shape index (κ3) is 4.84. The van der Waals surface area contributed by atoms with Crippen LogP contribution in [0.2, 0.25) is 0 Å². The molecule has 3 heterocycles. The first-order valence-corrected chi connectivity index (χ1v) is 12.7. The number of ether oxygens (including phenoxy) is 1. The van der Waals surface area contributed by atoms with Crippen LogP contribution in [-0.2, 0) is 30.7 Å². The predicted octanol–water partition coefficient (Wildman–Crippen LogP) is 3.70. The van der Waals surface area contributed by atoms with E-state index in [0.29, 0.717) is 16.6 Å². The van der Waals surface area contributed by atoms with Crippen molar-refractivity contribution in [3.8, 4) is 0 Å². The summed E-state index contributed by atoms with van der Waals surface area (Å²) in [4.78, 5) is 18.5. The number of anilines is 1. The molecule has 0 amide bonds. The summed E-state index contributed by atoms with van der Waals surface area (Å²) in [5, 5.41) is 9.48. The van der Waals surface area contributed by atoms with E-state index in [0.717, 1.165) is 74.8 Å². The van der Waals surface area contributed by atoms with Gasteiger partial charge < -0.3 is 15.0 Å². The van der Waals surface area contributed by atoms with Crippen LogP contribution < -0.4 is 5.32 Å². The van der Waals surface area contributed by atoms with Crippen LogP contribution in [0.1, 0.15) is 52.3 Å². The number of carbonyl (C=O) groups excluding carboxylic acids is 1. The van der Waals surface area contributed by atoms with Gasteiger partial charge in [-0.05, 0) is 56.8 Å². The molecule has 2 aliphatic rings.